The molecule has 0 aromatic heterocycles. The monoisotopic (exact) mass is 352 g/mol. The van der Waals surface area contributed by atoms with E-state index in [1.807, 2.05) is 13.0 Å². The number of allylic oxidation sites excluding steroid dienone is 1. The van der Waals surface area contributed by atoms with Crippen LogP contribution in [0.4, 0.5) is 0 Å². The summed E-state index contributed by atoms with van der Waals surface area (Å²) in [7, 11) is 0. The van der Waals surface area contributed by atoms with E-state index in [2.05, 4.69) is 13.0 Å². The van der Waals surface area contributed by atoms with Crippen LogP contribution in [0.5, 0.6) is 0 Å². The highest BCUT2D eigenvalue weighted by Crippen LogP contribution is 2.46. The maximum absolute atomic E-state index is 10.2. The summed E-state index contributed by atoms with van der Waals surface area (Å²) in [6.45, 7) is 5.26. The van der Waals surface area contributed by atoms with E-state index in [0.717, 1.165) is 25.7 Å². The van der Waals surface area contributed by atoms with Gasteiger partial charge in [-0.2, -0.15) is 0 Å². The van der Waals surface area contributed by atoms with E-state index in [1.165, 1.54) is 19.3 Å². The zero-order chi connectivity index (χ0) is 18.1. The van der Waals surface area contributed by atoms with Gasteiger partial charge in [-0.3, -0.25) is 0 Å². The lowest BCUT2D eigenvalue weighted by Crippen LogP contribution is -2.26. The highest BCUT2D eigenvalue weighted by atomic mass is 16.5. The molecule has 4 heteroatoms. The van der Waals surface area contributed by atoms with Crippen LogP contribution in [0.25, 0.3) is 0 Å². The number of ether oxygens (including phenoxy) is 2. The van der Waals surface area contributed by atoms with E-state index < -0.39 is 0 Å². The first-order valence-corrected chi connectivity index (χ1v) is 10.1. The van der Waals surface area contributed by atoms with Gasteiger partial charge in [0.1, 0.15) is 0 Å². The van der Waals surface area contributed by atoms with E-state index in [-0.39, 0.29) is 18.3 Å². The fourth-order valence-electron chi connectivity index (χ4n) is 4.08. The molecule has 2 fully saturated rings. The molecular weight excluding hydrogens is 316 g/mol. The molecule has 0 amide bonds. The largest absolute Gasteiger partial charge is 0.513 e. The van der Waals surface area contributed by atoms with Gasteiger partial charge in [0.25, 0.3) is 0 Å². The van der Waals surface area contributed by atoms with Crippen molar-refractivity contribution in [1.82, 2.24) is 0 Å². The van der Waals surface area contributed by atoms with E-state index in [1.54, 1.807) is 6.08 Å². The fraction of sp³-hybridized carbons (Fsp3) is 0.810. The molecule has 0 saturated carbocycles. The summed E-state index contributed by atoms with van der Waals surface area (Å²) < 4.78 is 11.3. The molecule has 1 unspecified atom stereocenters. The van der Waals surface area contributed by atoms with Crippen molar-refractivity contribution in [3.8, 4) is 0 Å². The maximum Gasteiger partial charge on any atom is 0.0909 e. The summed E-state index contributed by atoms with van der Waals surface area (Å²) in [6.07, 6.45) is 14.4. The van der Waals surface area contributed by atoms with Crippen molar-refractivity contribution in [2.24, 2.45) is 11.8 Å². The Morgan fingerprint density at radius 1 is 1.20 bits per heavy atom. The first-order chi connectivity index (χ1) is 12.2. The van der Waals surface area contributed by atoms with Crippen LogP contribution in [0.1, 0.15) is 65.2 Å². The molecule has 2 rings (SSSR count). The van der Waals surface area contributed by atoms with Crippen LogP contribution in [0, 0.1) is 11.8 Å². The standard InChI is InChI=1S/C21H36O4/c1-3-5-6-7-8-16(22)9-10-18-19(21-12-11-20(18)25-21)15-17(23)13-14-24-4-2/h9-10,13,16,18-23H,3-8,11-12,14-15H2,1-2H3/b10-9+,17-13+/t16?,18-,19+,20-,21+/m0/s1. The molecule has 5 atom stereocenters. The van der Waals surface area contributed by atoms with Crippen molar-refractivity contribution in [3.63, 3.8) is 0 Å². The van der Waals surface area contributed by atoms with Gasteiger partial charge in [-0.15, -0.1) is 0 Å². The first-order valence-electron chi connectivity index (χ1n) is 10.1. The van der Waals surface area contributed by atoms with Gasteiger partial charge in [0.2, 0.25) is 0 Å². The average Bonchev–Trinajstić information content (AvgIpc) is 3.19. The van der Waals surface area contributed by atoms with Gasteiger partial charge in [0.15, 0.2) is 0 Å². The van der Waals surface area contributed by atoms with Crippen molar-refractivity contribution >= 4 is 0 Å². The molecule has 0 aromatic rings. The summed E-state index contributed by atoms with van der Waals surface area (Å²) >= 11 is 0. The van der Waals surface area contributed by atoms with Crippen molar-refractivity contribution < 1.29 is 19.7 Å². The van der Waals surface area contributed by atoms with Gasteiger partial charge in [-0.05, 0) is 32.3 Å². The summed E-state index contributed by atoms with van der Waals surface area (Å²) in [5.41, 5.74) is 0. The third-order valence-electron chi connectivity index (χ3n) is 5.48. The molecule has 0 spiro atoms. The first kappa shape index (κ1) is 20.5. The van der Waals surface area contributed by atoms with Gasteiger partial charge >= 0.3 is 0 Å². The Labute approximate surface area is 152 Å². The second kappa shape index (κ2) is 11.0. The van der Waals surface area contributed by atoms with E-state index in [0.29, 0.717) is 37.2 Å². The molecule has 2 aliphatic heterocycles. The SMILES string of the molecule is CCCCCCC(O)/C=C/[C@H]1[C@@H](C/C(O)=C\COCC)[C@H]2CC[C@@H]1O2. The number of hydrogen-bond acceptors (Lipinski definition) is 4. The molecule has 2 N–H and O–H groups in total. The number of unbranched alkanes of at least 4 members (excludes halogenated alkanes) is 3. The Bertz CT molecular complexity index is 432. The summed E-state index contributed by atoms with van der Waals surface area (Å²) in [4.78, 5) is 0. The third-order valence-corrected chi connectivity index (χ3v) is 5.48. The van der Waals surface area contributed by atoms with Gasteiger partial charge in [0, 0.05) is 24.9 Å². The number of rotatable bonds is 12. The second-order valence-electron chi connectivity index (χ2n) is 7.39. The van der Waals surface area contributed by atoms with E-state index in [9.17, 15) is 10.2 Å². The minimum atomic E-state index is -0.362. The Morgan fingerprint density at radius 3 is 2.76 bits per heavy atom. The van der Waals surface area contributed by atoms with Crippen LogP contribution < -0.4 is 0 Å². The number of aliphatic hydroxyl groups excluding tert-OH is 2. The molecule has 2 bridgehead atoms. The molecule has 144 valence electrons. The predicted molar refractivity (Wildman–Crippen MR) is 101 cm³/mol. The lowest BCUT2D eigenvalue weighted by atomic mass is 9.77. The molecule has 2 heterocycles. The highest BCUT2D eigenvalue weighted by molar-refractivity contribution is 5.09. The van der Waals surface area contributed by atoms with Gasteiger partial charge in [0.05, 0.1) is 30.7 Å². The lowest BCUT2D eigenvalue weighted by Gasteiger charge is -2.25. The Hall–Kier alpha value is -0.840. The molecular formula is C21H36O4. The van der Waals surface area contributed by atoms with Crippen LogP contribution >= 0.6 is 0 Å². The summed E-state index contributed by atoms with van der Waals surface area (Å²) in [5.74, 6) is 1.000. The minimum Gasteiger partial charge on any atom is -0.513 e. The highest BCUT2D eigenvalue weighted by Gasteiger charge is 2.47. The molecule has 0 aliphatic carbocycles. The zero-order valence-electron chi connectivity index (χ0n) is 15.9. The second-order valence-corrected chi connectivity index (χ2v) is 7.39. The van der Waals surface area contributed by atoms with Crippen LogP contribution in [-0.2, 0) is 9.47 Å². The molecule has 25 heavy (non-hydrogen) atoms. The molecule has 2 saturated heterocycles. The Balaban J connectivity index is 1.84. The summed E-state index contributed by atoms with van der Waals surface area (Å²) in [5, 5.41) is 20.4. The van der Waals surface area contributed by atoms with Crippen LogP contribution in [0.3, 0.4) is 0 Å². The Morgan fingerprint density at radius 2 is 2.00 bits per heavy atom. The predicted octanol–water partition coefficient (Wildman–Crippen LogP) is 4.54. The lowest BCUT2D eigenvalue weighted by molar-refractivity contribution is 0.0882. The summed E-state index contributed by atoms with van der Waals surface area (Å²) in [6, 6.07) is 0. The van der Waals surface area contributed by atoms with Crippen LogP contribution in [0.2, 0.25) is 0 Å². The van der Waals surface area contributed by atoms with Crippen molar-refractivity contribution in [1.29, 1.82) is 0 Å². The Kier molecular flexibility index (Phi) is 9.00. The number of hydrogen-bond donors (Lipinski definition) is 2. The topological polar surface area (TPSA) is 58.9 Å². The van der Waals surface area contributed by atoms with E-state index >= 15 is 0 Å². The zero-order valence-corrected chi connectivity index (χ0v) is 15.9. The van der Waals surface area contributed by atoms with Crippen LogP contribution in [0.15, 0.2) is 24.0 Å². The van der Waals surface area contributed by atoms with Crippen molar-refractivity contribution in [2.75, 3.05) is 13.2 Å². The smallest absolute Gasteiger partial charge is 0.0909 e. The molecule has 0 aromatic carbocycles. The van der Waals surface area contributed by atoms with Gasteiger partial charge in [-0.25, -0.2) is 0 Å². The maximum atomic E-state index is 10.2. The van der Waals surface area contributed by atoms with Crippen molar-refractivity contribution in [2.45, 2.75) is 83.5 Å². The number of fused-ring (bicyclic) bond motifs is 2. The van der Waals surface area contributed by atoms with Crippen LogP contribution in [-0.4, -0.2) is 41.7 Å². The molecule has 0 radical (unpaired) electrons. The normalized spacial score (nSPS) is 30.4. The van der Waals surface area contributed by atoms with Gasteiger partial charge < -0.3 is 19.7 Å². The number of aliphatic hydroxyl groups is 2. The quantitative estimate of drug-likeness (QED) is 0.308. The molecule has 2 aliphatic rings. The average molecular weight is 353 g/mol. The van der Waals surface area contributed by atoms with E-state index in [4.69, 9.17) is 9.47 Å². The minimum absolute atomic E-state index is 0.240. The molecule has 4 nitrogen and oxygen atoms in total. The fourth-order valence-corrected chi connectivity index (χ4v) is 4.08. The van der Waals surface area contributed by atoms with Crippen molar-refractivity contribution in [3.05, 3.63) is 24.0 Å². The third kappa shape index (κ3) is 6.43. The van der Waals surface area contributed by atoms with Gasteiger partial charge in [-0.1, -0.05) is 44.8 Å².